The van der Waals surface area contributed by atoms with Crippen molar-refractivity contribution >= 4 is 21.0 Å². The third-order valence-corrected chi connectivity index (χ3v) is 0. The van der Waals surface area contributed by atoms with E-state index in [1.54, 1.807) is 0 Å². The number of hydrogen-bond acceptors (Lipinski definition) is 2. The molecular formula is ClO2SZn-. The normalized spacial score (nSPS) is 12.4. The molecule has 0 aromatic carbocycles. The second-order valence-corrected chi connectivity index (χ2v) is 1.34. The Hall–Kier alpha value is 1.02. The van der Waals surface area contributed by atoms with Gasteiger partial charge in [-0.15, -0.1) is 0 Å². The van der Waals surface area contributed by atoms with Crippen molar-refractivity contribution in [3.8, 4) is 0 Å². The van der Waals surface area contributed by atoms with Crippen LogP contribution in [0.1, 0.15) is 0 Å². The van der Waals surface area contributed by atoms with E-state index in [1.807, 2.05) is 0 Å². The minimum atomic E-state index is -2.39. The Kier molecular flexibility index (Phi) is 9.43. The molecular weight excluding hydrogens is 165 g/mol. The van der Waals surface area contributed by atoms with Gasteiger partial charge in [-0.05, 0) is 10.7 Å². The van der Waals surface area contributed by atoms with E-state index in [2.05, 4.69) is 10.7 Å². The summed E-state index contributed by atoms with van der Waals surface area (Å²) in [6, 6.07) is 0. The zero-order valence-electron chi connectivity index (χ0n) is 2.31. The topological polar surface area (TPSA) is 40.1 Å². The Labute approximate surface area is 49.4 Å². The molecule has 1 atom stereocenters. The maximum Gasteiger partial charge on any atom is 0.0422 e. The number of halogens is 1. The van der Waals surface area contributed by atoms with Gasteiger partial charge in [0.25, 0.3) is 0 Å². The summed E-state index contributed by atoms with van der Waals surface area (Å²) in [5, 5.41) is 0. The van der Waals surface area contributed by atoms with Gasteiger partial charge in [0.15, 0.2) is 0 Å². The summed E-state index contributed by atoms with van der Waals surface area (Å²) >= 11 is 0. The van der Waals surface area contributed by atoms with Gasteiger partial charge in [-0.1, -0.05) is 0 Å². The van der Waals surface area contributed by atoms with E-state index >= 15 is 0 Å². The molecule has 0 heterocycles. The van der Waals surface area contributed by atoms with E-state index in [0.29, 0.717) is 0 Å². The molecule has 0 saturated heterocycles. The summed E-state index contributed by atoms with van der Waals surface area (Å²) in [5.74, 6) is 0. The average molecular weight is 165 g/mol. The largest absolute Gasteiger partial charge is 0.760 e. The summed E-state index contributed by atoms with van der Waals surface area (Å²) in [7, 11) is 1.80. The van der Waals surface area contributed by atoms with Gasteiger partial charge >= 0.3 is 0 Å². The van der Waals surface area contributed by atoms with E-state index in [-0.39, 0.29) is 19.5 Å². The summed E-state index contributed by atoms with van der Waals surface area (Å²) in [6.07, 6.45) is 0. The average Bonchev–Trinajstić information content (AvgIpc) is 0.811. The molecule has 0 aliphatic rings. The van der Waals surface area contributed by atoms with Crippen LogP contribution in [-0.4, -0.2) is 8.76 Å². The van der Waals surface area contributed by atoms with Crippen molar-refractivity contribution in [1.29, 1.82) is 0 Å². The van der Waals surface area contributed by atoms with Crippen molar-refractivity contribution in [3.05, 3.63) is 0 Å². The number of hydrogen-bond donors (Lipinski definition) is 0. The molecule has 0 rings (SSSR count). The molecule has 2 nitrogen and oxygen atoms in total. The molecule has 0 aromatic rings. The molecule has 0 bridgehead atoms. The Morgan fingerprint density at radius 1 is 1.80 bits per heavy atom. The van der Waals surface area contributed by atoms with Crippen LogP contribution in [0.15, 0.2) is 0 Å². The predicted molar refractivity (Wildman–Crippen MR) is 14.8 cm³/mol. The summed E-state index contributed by atoms with van der Waals surface area (Å²) in [5.41, 5.74) is 0. The fourth-order valence-corrected chi connectivity index (χ4v) is 0. The van der Waals surface area contributed by atoms with Gasteiger partial charge in [0.1, 0.15) is 0 Å². The molecule has 5 heteroatoms. The van der Waals surface area contributed by atoms with E-state index in [0.717, 1.165) is 0 Å². The fourth-order valence-electron chi connectivity index (χ4n) is 0. The van der Waals surface area contributed by atoms with Crippen molar-refractivity contribution in [3.63, 3.8) is 0 Å². The second-order valence-electron chi connectivity index (χ2n) is 0.194. The van der Waals surface area contributed by atoms with Crippen LogP contribution >= 0.6 is 10.7 Å². The van der Waals surface area contributed by atoms with Crippen molar-refractivity contribution in [2.75, 3.05) is 0 Å². The van der Waals surface area contributed by atoms with E-state index in [4.69, 9.17) is 8.76 Å². The minimum absolute atomic E-state index is 0. The first-order valence-corrected chi connectivity index (χ1v) is 2.39. The first-order chi connectivity index (χ1) is 1.73. The van der Waals surface area contributed by atoms with Gasteiger partial charge in [0.2, 0.25) is 0 Å². The maximum absolute atomic E-state index is 8.77. The molecule has 0 radical (unpaired) electrons. The Bertz CT molecular complexity index is 32.6. The van der Waals surface area contributed by atoms with Gasteiger partial charge < -0.3 is 4.55 Å². The molecule has 28 valence electrons. The summed E-state index contributed by atoms with van der Waals surface area (Å²) in [6.45, 7) is 0. The van der Waals surface area contributed by atoms with Crippen molar-refractivity contribution in [2.45, 2.75) is 0 Å². The molecule has 0 N–H and O–H groups in total. The quantitative estimate of drug-likeness (QED) is 0.288. The van der Waals surface area contributed by atoms with Crippen LogP contribution < -0.4 is 0 Å². The van der Waals surface area contributed by atoms with Crippen LogP contribution in [0.3, 0.4) is 0 Å². The van der Waals surface area contributed by atoms with Gasteiger partial charge in [-0.2, -0.15) is 0 Å². The zero-order chi connectivity index (χ0) is 3.58. The molecule has 0 aliphatic heterocycles. The van der Waals surface area contributed by atoms with Crippen LogP contribution in [0.25, 0.3) is 0 Å². The minimum Gasteiger partial charge on any atom is -0.760 e. The third kappa shape index (κ3) is 43.8. The van der Waals surface area contributed by atoms with Gasteiger partial charge in [-0.3, -0.25) is 4.21 Å². The first kappa shape index (κ1) is 9.39. The smallest absolute Gasteiger partial charge is 0.0422 e. The molecule has 0 amide bonds. The van der Waals surface area contributed by atoms with Crippen LogP contribution in [0.2, 0.25) is 0 Å². The van der Waals surface area contributed by atoms with Crippen LogP contribution in [0.4, 0.5) is 0 Å². The first-order valence-electron chi connectivity index (χ1n) is 0.488. The summed E-state index contributed by atoms with van der Waals surface area (Å²) in [4.78, 5) is 0. The molecule has 0 spiro atoms. The van der Waals surface area contributed by atoms with E-state index in [1.165, 1.54) is 0 Å². The van der Waals surface area contributed by atoms with Crippen LogP contribution in [0.5, 0.6) is 0 Å². The van der Waals surface area contributed by atoms with Crippen molar-refractivity contribution < 1.29 is 28.2 Å². The van der Waals surface area contributed by atoms with Gasteiger partial charge in [0.05, 0.1) is 0 Å². The molecule has 0 aliphatic carbocycles. The van der Waals surface area contributed by atoms with Crippen molar-refractivity contribution in [2.24, 2.45) is 0 Å². The fraction of sp³-hybridized carbons (Fsp3) is 0. The van der Waals surface area contributed by atoms with Gasteiger partial charge in [0, 0.05) is 29.8 Å². The SMILES string of the molecule is O=S([O-])Cl.[Zn]. The predicted octanol–water partition coefficient (Wildman–Crippen LogP) is 0.0168. The third-order valence-electron chi connectivity index (χ3n) is 0. The van der Waals surface area contributed by atoms with E-state index in [9.17, 15) is 0 Å². The molecule has 0 aromatic heterocycles. The maximum atomic E-state index is 8.77. The Balaban J connectivity index is 0. The molecule has 0 saturated carbocycles. The second kappa shape index (κ2) is 5.02. The van der Waals surface area contributed by atoms with E-state index < -0.39 is 10.3 Å². The van der Waals surface area contributed by atoms with Crippen molar-refractivity contribution in [1.82, 2.24) is 0 Å². The standard InChI is InChI=1S/ClHO2S.Zn/c1-4(2)3;/h(H,2,3);/p-1. The van der Waals surface area contributed by atoms with Crippen LogP contribution in [0, 0.1) is 0 Å². The molecule has 1 unspecified atom stereocenters. The Morgan fingerprint density at radius 2 is 1.80 bits per heavy atom. The molecule has 5 heavy (non-hydrogen) atoms. The van der Waals surface area contributed by atoms with Crippen LogP contribution in [-0.2, 0) is 29.8 Å². The number of rotatable bonds is 0. The molecule has 0 fully saturated rings. The zero-order valence-corrected chi connectivity index (χ0v) is 6.85. The summed E-state index contributed by atoms with van der Waals surface area (Å²) < 4.78 is 17.5. The van der Waals surface area contributed by atoms with Gasteiger partial charge in [-0.25, -0.2) is 0 Å². The monoisotopic (exact) mass is 163 g/mol. The Morgan fingerprint density at radius 3 is 1.80 bits per heavy atom.